The maximum atomic E-state index is 5.70. The molecule has 0 aliphatic carbocycles. The van der Waals surface area contributed by atoms with E-state index < -0.39 is 0 Å². The number of hydrogen-bond acceptors (Lipinski definition) is 2. The van der Waals surface area contributed by atoms with E-state index >= 15 is 0 Å². The van der Waals surface area contributed by atoms with Gasteiger partial charge in [-0.3, -0.25) is 0 Å². The molecule has 0 spiro atoms. The van der Waals surface area contributed by atoms with Crippen molar-refractivity contribution in [3.05, 3.63) is 28.0 Å². The summed E-state index contributed by atoms with van der Waals surface area (Å²) in [5, 5.41) is 0.983. The highest BCUT2D eigenvalue weighted by Crippen LogP contribution is 2.16. The maximum absolute atomic E-state index is 5.70. The maximum Gasteiger partial charge on any atom is 0.129 e. The molecule has 1 aromatic heterocycles. The van der Waals surface area contributed by atoms with Gasteiger partial charge >= 0.3 is 0 Å². The van der Waals surface area contributed by atoms with Crippen LogP contribution in [0.2, 0.25) is 10.2 Å². The van der Waals surface area contributed by atoms with Gasteiger partial charge in [-0.25, -0.2) is 4.98 Å². The van der Waals surface area contributed by atoms with Crippen molar-refractivity contribution in [2.45, 2.75) is 6.54 Å². The SMILES string of the molecule is NCc1cc(Cl)ncc1Cl. The third-order valence-corrected chi connectivity index (χ3v) is 1.67. The standard InChI is InChI=1S/C6H6Cl2N2/c7-5-3-10-6(8)1-4(5)2-9/h1,3H,2,9H2. The molecule has 2 nitrogen and oxygen atoms in total. The Morgan fingerprint density at radius 3 is 2.70 bits per heavy atom. The minimum absolute atomic E-state index is 0.390. The van der Waals surface area contributed by atoms with Gasteiger partial charge in [-0.15, -0.1) is 0 Å². The van der Waals surface area contributed by atoms with Crippen molar-refractivity contribution in [3.63, 3.8) is 0 Å². The number of aromatic nitrogens is 1. The van der Waals surface area contributed by atoms with Crippen LogP contribution in [0.1, 0.15) is 5.56 Å². The Balaban J connectivity index is 3.09. The first-order valence-electron chi connectivity index (χ1n) is 2.74. The summed E-state index contributed by atoms with van der Waals surface area (Å²) in [7, 11) is 0. The average molecular weight is 177 g/mol. The van der Waals surface area contributed by atoms with Crippen LogP contribution in [-0.4, -0.2) is 4.98 Å². The van der Waals surface area contributed by atoms with Gasteiger partial charge in [0.25, 0.3) is 0 Å². The van der Waals surface area contributed by atoms with Gasteiger partial charge in [0, 0.05) is 12.7 Å². The number of rotatable bonds is 1. The van der Waals surface area contributed by atoms with Crippen molar-refractivity contribution < 1.29 is 0 Å². The molecule has 0 aliphatic rings. The molecule has 2 N–H and O–H groups in total. The van der Waals surface area contributed by atoms with Crippen LogP contribution in [0.3, 0.4) is 0 Å². The summed E-state index contributed by atoms with van der Waals surface area (Å²) in [4.78, 5) is 3.77. The van der Waals surface area contributed by atoms with Crippen molar-refractivity contribution in [2.24, 2.45) is 5.73 Å². The zero-order valence-electron chi connectivity index (χ0n) is 5.14. The Kier molecular flexibility index (Phi) is 2.49. The molecule has 0 amide bonds. The smallest absolute Gasteiger partial charge is 0.129 e. The average Bonchev–Trinajstić information content (AvgIpc) is 1.94. The fourth-order valence-corrected chi connectivity index (χ4v) is 0.969. The van der Waals surface area contributed by atoms with Crippen LogP contribution in [0, 0.1) is 0 Å². The molecule has 0 radical (unpaired) electrons. The van der Waals surface area contributed by atoms with E-state index in [1.165, 1.54) is 6.20 Å². The highest BCUT2D eigenvalue weighted by molar-refractivity contribution is 6.32. The van der Waals surface area contributed by atoms with Crippen molar-refractivity contribution in [2.75, 3.05) is 0 Å². The summed E-state index contributed by atoms with van der Waals surface area (Å²) in [5.74, 6) is 0. The second kappa shape index (κ2) is 3.19. The Morgan fingerprint density at radius 1 is 1.50 bits per heavy atom. The fraction of sp³-hybridized carbons (Fsp3) is 0.167. The predicted molar refractivity (Wildman–Crippen MR) is 42.1 cm³/mol. The first kappa shape index (κ1) is 7.79. The molecule has 1 rings (SSSR count). The summed E-state index contributed by atoms with van der Waals surface area (Å²) in [5.41, 5.74) is 6.17. The Morgan fingerprint density at radius 2 is 2.20 bits per heavy atom. The lowest BCUT2D eigenvalue weighted by atomic mass is 10.3. The van der Waals surface area contributed by atoms with E-state index in [-0.39, 0.29) is 0 Å². The highest BCUT2D eigenvalue weighted by Gasteiger charge is 1.98. The molecule has 54 valence electrons. The largest absolute Gasteiger partial charge is 0.326 e. The van der Waals surface area contributed by atoms with Crippen LogP contribution in [0.25, 0.3) is 0 Å². The van der Waals surface area contributed by atoms with Crippen molar-refractivity contribution in [1.82, 2.24) is 4.98 Å². The second-order valence-electron chi connectivity index (χ2n) is 1.80. The summed E-state index contributed by atoms with van der Waals surface area (Å²) < 4.78 is 0. The molecule has 0 atom stereocenters. The fourth-order valence-electron chi connectivity index (χ4n) is 0.608. The van der Waals surface area contributed by atoms with Crippen molar-refractivity contribution >= 4 is 23.2 Å². The molecule has 1 heterocycles. The van der Waals surface area contributed by atoms with Gasteiger partial charge < -0.3 is 5.73 Å². The van der Waals surface area contributed by atoms with Crippen LogP contribution in [-0.2, 0) is 6.54 Å². The molecule has 0 aromatic carbocycles. The number of hydrogen-bond donors (Lipinski definition) is 1. The summed E-state index contributed by atoms with van der Waals surface area (Å²) in [6.07, 6.45) is 1.49. The van der Waals surface area contributed by atoms with Gasteiger partial charge in [-0.2, -0.15) is 0 Å². The zero-order chi connectivity index (χ0) is 7.56. The van der Waals surface area contributed by atoms with Crippen LogP contribution < -0.4 is 5.73 Å². The minimum Gasteiger partial charge on any atom is -0.326 e. The molecule has 1 aromatic rings. The molecule has 0 bridgehead atoms. The molecule has 0 aliphatic heterocycles. The molecule has 0 unspecified atom stereocenters. The molecule has 0 saturated heterocycles. The van der Waals surface area contributed by atoms with E-state index in [2.05, 4.69) is 4.98 Å². The number of nitrogens with zero attached hydrogens (tertiary/aromatic N) is 1. The van der Waals surface area contributed by atoms with E-state index in [4.69, 9.17) is 28.9 Å². The molecule has 0 saturated carbocycles. The van der Waals surface area contributed by atoms with Gasteiger partial charge in [0.2, 0.25) is 0 Å². The van der Waals surface area contributed by atoms with E-state index in [0.29, 0.717) is 16.7 Å². The van der Waals surface area contributed by atoms with E-state index in [0.717, 1.165) is 5.56 Å². The van der Waals surface area contributed by atoms with Gasteiger partial charge in [-0.05, 0) is 11.6 Å². The van der Waals surface area contributed by atoms with E-state index in [1.54, 1.807) is 6.07 Å². The highest BCUT2D eigenvalue weighted by atomic mass is 35.5. The van der Waals surface area contributed by atoms with Gasteiger partial charge in [-0.1, -0.05) is 23.2 Å². The molecular formula is C6H6Cl2N2. The lowest BCUT2D eigenvalue weighted by Gasteiger charge is -1.98. The number of nitrogens with two attached hydrogens (primary N) is 1. The number of halogens is 2. The Bertz CT molecular complexity index is 237. The summed E-state index contributed by atoms with van der Waals surface area (Å²) in [6.45, 7) is 0.390. The van der Waals surface area contributed by atoms with Gasteiger partial charge in [0.1, 0.15) is 5.15 Å². The quantitative estimate of drug-likeness (QED) is 0.664. The van der Waals surface area contributed by atoms with Crippen LogP contribution in [0.4, 0.5) is 0 Å². The first-order valence-corrected chi connectivity index (χ1v) is 3.49. The van der Waals surface area contributed by atoms with E-state index in [1.807, 2.05) is 0 Å². The van der Waals surface area contributed by atoms with Crippen LogP contribution in [0.15, 0.2) is 12.3 Å². The van der Waals surface area contributed by atoms with Gasteiger partial charge in [0.05, 0.1) is 5.02 Å². The topological polar surface area (TPSA) is 38.9 Å². The van der Waals surface area contributed by atoms with Crippen molar-refractivity contribution in [1.29, 1.82) is 0 Å². The molecule has 0 fully saturated rings. The predicted octanol–water partition coefficient (Wildman–Crippen LogP) is 1.85. The monoisotopic (exact) mass is 176 g/mol. The van der Waals surface area contributed by atoms with Crippen molar-refractivity contribution in [3.8, 4) is 0 Å². The first-order chi connectivity index (χ1) is 4.74. The summed E-state index contributed by atoms with van der Waals surface area (Å²) >= 11 is 11.3. The molecule has 10 heavy (non-hydrogen) atoms. The molecular weight excluding hydrogens is 171 g/mol. The Hall–Kier alpha value is -0.310. The van der Waals surface area contributed by atoms with Crippen LogP contribution in [0.5, 0.6) is 0 Å². The third-order valence-electron chi connectivity index (χ3n) is 1.12. The van der Waals surface area contributed by atoms with Crippen LogP contribution >= 0.6 is 23.2 Å². The Labute approximate surface area is 69.0 Å². The van der Waals surface area contributed by atoms with E-state index in [9.17, 15) is 0 Å². The minimum atomic E-state index is 0.390. The number of pyridine rings is 1. The molecule has 4 heteroatoms. The zero-order valence-corrected chi connectivity index (χ0v) is 6.65. The van der Waals surface area contributed by atoms with Gasteiger partial charge in [0.15, 0.2) is 0 Å². The second-order valence-corrected chi connectivity index (χ2v) is 2.60. The summed E-state index contributed by atoms with van der Waals surface area (Å²) in [6, 6.07) is 1.66. The lowest BCUT2D eigenvalue weighted by molar-refractivity contribution is 1.06. The normalized spacial score (nSPS) is 9.90. The lowest BCUT2D eigenvalue weighted by Crippen LogP contribution is -1.97. The third kappa shape index (κ3) is 1.59.